The number of carboxylic acids is 1. The number of benzene rings is 10. The molecule has 8 nitrogen and oxygen atoms in total. The van der Waals surface area contributed by atoms with Crippen LogP contribution in [0.3, 0.4) is 0 Å². The lowest BCUT2D eigenvalue weighted by atomic mass is 9.88. The summed E-state index contributed by atoms with van der Waals surface area (Å²) in [6.45, 7) is -8.92. The largest absolute Gasteiger partial charge is 0.490 e. The Labute approximate surface area is 784 Å². The second-order valence-electron chi connectivity index (χ2n) is 31.0. The van der Waals surface area contributed by atoms with Crippen molar-refractivity contribution in [3.63, 3.8) is 0 Å². The quantitative estimate of drug-likeness (QED) is 0.0134. The highest BCUT2D eigenvalue weighted by Gasteiger charge is 2.99. The molecule has 1 N–H and O–H groups in total. The van der Waals surface area contributed by atoms with Crippen molar-refractivity contribution in [2.45, 2.75) is 195 Å². The highest BCUT2D eigenvalue weighted by molar-refractivity contribution is 6.69. The first-order chi connectivity index (χ1) is 65.4. The molecule has 0 aliphatic heterocycles. The molecule has 0 heterocycles. The van der Waals surface area contributed by atoms with E-state index in [0.717, 1.165) is 55.2 Å². The molecule has 0 atom stereocenters. The fraction of sp³-hybridized carbons (Fsp3) is 0.407. The molecule has 0 aliphatic rings. The first-order valence-electron chi connectivity index (χ1n) is 38.9. The molecule has 0 radical (unpaired) electrons. The van der Waals surface area contributed by atoms with Crippen molar-refractivity contribution in [3.8, 4) is 17.2 Å². The second-order valence-corrected chi connectivity index (χ2v) is 31.3. The molecule has 146 heavy (non-hydrogen) atoms. The number of fused-ring (bicyclic) bond motifs is 6. The van der Waals surface area contributed by atoms with Gasteiger partial charge in [-0.1, -0.05) is 153 Å². The molecule has 0 aromatic heterocycles. The summed E-state index contributed by atoms with van der Waals surface area (Å²) in [5.74, 6) is -192. The van der Waals surface area contributed by atoms with Crippen LogP contribution in [-0.2, 0) is 11.3 Å². The predicted octanol–water partition coefficient (Wildman–Crippen LogP) is 32.6. The lowest BCUT2D eigenvalue weighted by molar-refractivity contribution is -0.461. The number of carbonyl (C=O) groups is 3. The second kappa shape index (κ2) is 40.2. The van der Waals surface area contributed by atoms with Crippen molar-refractivity contribution < 1.29 is 262 Å². The van der Waals surface area contributed by atoms with Crippen LogP contribution in [0.15, 0.2) is 176 Å². The third-order valence-corrected chi connectivity index (χ3v) is 21.6. The van der Waals surface area contributed by atoms with Gasteiger partial charge in [0.1, 0.15) is 6.61 Å². The summed E-state index contributed by atoms with van der Waals surface area (Å²) in [4.78, 5) is 36.9. The zero-order valence-electron chi connectivity index (χ0n) is 69.8. The highest BCUT2D eigenvalue weighted by atomic mass is 35.5. The molecular weight excluding hydrogens is 2170 g/mol. The molecule has 10 aromatic rings. The maximum Gasteiger partial charge on any atom is 0.460 e. The molecule has 0 fully saturated rings. The number of esters is 1. The maximum atomic E-state index is 15.0. The van der Waals surface area contributed by atoms with Crippen LogP contribution in [0.4, 0.5) is 224 Å². The third-order valence-electron chi connectivity index (χ3n) is 21.4. The Hall–Kier alpha value is -11.5. The van der Waals surface area contributed by atoms with E-state index < -0.39 is 253 Å². The maximum absolute atomic E-state index is 15.0. The Bertz CT molecular complexity index is 5970. The van der Waals surface area contributed by atoms with Crippen LogP contribution in [0.1, 0.15) is 82.6 Å². The van der Waals surface area contributed by atoms with E-state index >= 15 is 26.3 Å². The first-order valence-corrected chi connectivity index (χ1v) is 39.3. The number of carboxylic acid groups (broad SMARTS) is 1. The Kier molecular flexibility index (Phi) is 33.4. The Morgan fingerprint density at radius 1 is 0.247 bits per heavy atom. The Morgan fingerprint density at radius 3 is 0.651 bits per heavy atom. The summed E-state index contributed by atoms with van der Waals surface area (Å²) < 4.78 is 733. The lowest BCUT2D eigenvalue weighted by Crippen LogP contribution is -2.74. The standard InChI is InChI=1S/C55H31F51O5.C15H9ClO.C15H10O2.CH4/c56-32(57,35(62,63)38(68,69)41(74,75)44(80,81)47(86,87)50(92,93)53(98,99)100)12-5-15-108-27-18-22(21-111-31(107)29-25-10-3-1-8-23(25)20-24-9-2-4-11-26(24)29)19-28(109-16-6-13-33(58,59)36(64,65)39(70,71)42(76,77)45(82,83)48(88,89)51(94,95)54(101,102)103)30(27)110-17-7-14-34(60,61)37(66,67)40(72,73)43(78,79)46(84,85)49(90,91)52(96,97)55(104,105)106;2*16-15(17)14-12-7-3-1-5-10(12)9-11-6-2-4-8-13(11)14;/h1-4,8-11,18-20H,5-7,12-17,21H2;1-9H;1-9H,(H,16,17);1H4. The summed E-state index contributed by atoms with van der Waals surface area (Å²) in [7, 11) is 0. The molecule has 0 saturated heterocycles. The van der Waals surface area contributed by atoms with Crippen molar-refractivity contribution >= 4 is 93.4 Å². The molecule has 0 aliphatic carbocycles. The van der Waals surface area contributed by atoms with E-state index in [0.29, 0.717) is 11.1 Å². The number of hydrogen-bond acceptors (Lipinski definition) is 7. The van der Waals surface area contributed by atoms with Crippen LogP contribution in [-0.4, -0.2) is 185 Å². The number of alkyl halides is 51. The number of rotatable bonds is 38. The molecule has 0 unspecified atom stereocenters. The fourth-order valence-corrected chi connectivity index (χ4v) is 13.7. The summed E-state index contributed by atoms with van der Waals surface area (Å²) >= 11 is 5.72. The van der Waals surface area contributed by atoms with Gasteiger partial charge < -0.3 is 24.1 Å². The zero-order valence-corrected chi connectivity index (χ0v) is 70.5. The van der Waals surface area contributed by atoms with Gasteiger partial charge in [0.2, 0.25) is 5.75 Å². The average Bonchev–Trinajstić information content (AvgIpc) is 0.699. The average molecular weight is 2220 g/mol. The smallest absolute Gasteiger partial charge is 0.460 e. The van der Waals surface area contributed by atoms with Gasteiger partial charge in [-0.2, -0.15) is 224 Å². The van der Waals surface area contributed by atoms with Gasteiger partial charge in [-0.05, 0) is 131 Å². The predicted molar refractivity (Wildman–Crippen MR) is 410 cm³/mol. The molecular formula is C86H54ClF51O8. The molecule has 0 saturated carbocycles. The molecule has 10 aromatic carbocycles. The number of ether oxygens (including phenoxy) is 4. The van der Waals surface area contributed by atoms with Crippen LogP contribution in [0.25, 0.3) is 64.6 Å². The third kappa shape index (κ3) is 20.2. The summed E-state index contributed by atoms with van der Waals surface area (Å²) in [6, 6.07) is 45.9. The van der Waals surface area contributed by atoms with E-state index in [2.05, 4.69) is 20.3 Å². The van der Waals surface area contributed by atoms with Crippen LogP contribution in [0.5, 0.6) is 17.2 Å². The molecule has 810 valence electrons. The monoisotopic (exact) mass is 2220 g/mol. The van der Waals surface area contributed by atoms with Crippen molar-refractivity contribution in [2.75, 3.05) is 19.8 Å². The van der Waals surface area contributed by atoms with E-state index in [1.807, 2.05) is 103 Å². The van der Waals surface area contributed by atoms with E-state index in [4.69, 9.17) is 16.3 Å². The molecule has 0 spiro atoms. The van der Waals surface area contributed by atoms with Crippen LogP contribution >= 0.6 is 11.6 Å². The summed E-state index contributed by atoms with van der Waals surface area (Å²) in [5.41, 5.74) is -0.792. The number of carbonyl (C=O) groups excluding carboxylic acids is 2. The van der Waals surface area contributed by atoms with Gasteiger partial charge in [0.15, 0.2) is 11.5 Å². The zero-order chi connectivity index (χ0) is 111. The van der Waals surface area contributed by atoms with E-state index in [-0.39, 0.29) is 41.1 Å². The van der Waals surface area contributed by atoms with Crippen molar-refractivity contribution in [1.82, 2.24) is 0 Å². The van der Waals surface area contributed by atoms with Gasteiger partial charge >= 0.3 is 155 Å². The molecule has 10 rings (SSSR count). The summed E-state index contributed by atoms with van der Waals surface area (Å²) in [5, 5.41) is 16.3. The topological polar surface area (TPSA) is 108 Å². The molecule has 0 bridgehead atoms. The van der Waals surface area contributed by atoms with E-state index in [1.165, 1.54) is 42.5 Å². The number of halogens is 52. The van der Waals surface area contributed by atoms with Gasteiger partial charge in [0, 0.05) is 24.8 Å². The molecule has 60 heteroatoms. The Balaban J connectivity index is 0.000000675. The van der Waals surface area contributed by atoms with Crippen molar-refractivity contribution in [1.29, 1.82) is 0 Å². The van der Waals surface area contributed by atoms with Gasteiger partial charge in [-0.15, -0.1) is 0 Å². The highest BCUT2D eigenvalue weighted by Crippen LogP contribution is 2.69. The minimum atomic E-state index is -9.27. The number of aromatic carboxylic acids is 1. The van der Waals surface area contributed by atoms with Crippen LogP contribution in [0.2, 0.25) is 0 Å². The molecule has 0 amide bonds. The van der Waals surface area contributed by atoms with E-state index in [9.17, 15) is 217 Å². The van der Waals surface area contributed by atoms with Gasteiger partial charge in [0.25, 0.3) is 5.24 Å². The van der Waals surface area contributed by atoms with Crippen LogP contribution < -0.4 is 14.2 Å². The van der Waals surface area contributed by atoms with Crippen LogP contribution in [0, 0.1) is 0 Å². The fourth-order valence-electron chi connectivity index (χ4n) is 13.5. The first kappa shape index (κ1) is 121. The van der Waals surface area contributed by atoms with Crippen molar-refractivity contribution in [3.05, 3.63) is 198 Å². The minimum absolute atomic E-state index is 0. The lowest BCUT2D eigenvalue weighted by Gasteiger charge is -2.42. The van der Waals surface area contributed by atoms with Crippen molar-refractivity contribution in [2.24, 2.45) is 0 Å². The normalized spacial score (nSPS) is 14.4. The SMILES string of the molecule is C.O=C(Cl)c1c2ccccc2cc2ccccc12.O=C(O)c1c2ccccc2cc2ccccc12.O=C(OCc1cc(OCCCC(F)(F)C(F)(F)C(F)(F)C(F)(F)C(F)(F)C(F)(F)C(F)(F)C(F)(F)F)c(OCCCC(F)(F)C(F)(F)C(F)(F)C(F)(F)C(F)(F)C(F)(F)C(F)(F)C(F)(F)F)c(OCCCC(F)(F)C(F)(F)C(F)(F)C(F)(F)C(F)(F)C(F)(F)C(F)(F)C(F)(F)F)c1)c1c2ccccc2cc2ccccc12. The van der Waals surface area contributed by atoms with Gasteiger partial charge in [-0.3, -0.25) is 4.79 Å². The van der Waals surface area contributed by atoms with Gasteiger partial charge in [0.05, 0.1) is 30.9 Å². The van der Waals surface area contributed by atoms with Gasteiger partial charge in [-0.25, -0.2) is 9.59 Å². The summed E-state index contributed by atoms with van der Waals surface area (Å²) in [6.07, 6.45) is -43.1. The number of hydrogen-bond donors (Lipinski definition) is 1. The minimum Gasteiger partial charge on any atom is -0.490 e. The Morgan fingerprint density at radius 2 is 0.438 bits per heavy atom. The van der Waals surface area contributed by atoms with E-state index in [1.54, 1.807) is 0 Å².